The van der Waals surface area contributed by atoms with Gasteiger partial charge in [-0.2, -0.15) is 0 Å². The fourth-order valence-corrected chi connectivity index (χ4v) is 6.53. The first-order valence-corrected chi connectivity index (χ1v) is 10.1. The molecule has 2 N–H and O–H groups in total. The summed E-state index contributed by atoms with van der Waals surface area (Å²) in [4.78, 5) is 25.1. The zero-order valence-corrected chi connectivity index (χ0v) is 15.0. The molecule has 5 fully saturated rings. The van der Waals surface area contributed by atoms with Crippen LogP contribution < -0.4 is 10.6 Å². The largest absolute Gasteiger partial charge is 0.352 e. The van der Waals surface area contributed by atoms with Gasteiger partial charge < -0.3 is 10.6 Å². The van der Waals surface area contributed by atoms with Crippen molar-refractivity contribution in [2.24, 2.45) is 29.1 Å². The Hall–Kier alpha value is -1.06. The second-order valence-corrected chi connectivity index (χ2v) is 9.32. The van der Waals surface area contributed by atoms with Crippen molar-refractivity contribution in [1.82, 2.24) is 10.6 Å². The van der Waals surface area contributed by atoms with Gasteiger partial charge in [-0.1, -0.05) is 19.8 Å². The Balaban J connectivity index is 1.29. The van der Waals surface area contributed by atoms with Gasteiger partial charge in [-0.3, -0.25) is 9.59 Å². The van der Waals surface area contributed by atoms with Crippen LogP contribution in [0.25, 0.3) is 0 Å². The molecule has 134 valence electrons. The number of nitrogens with one attached hydrogen (secondary N) is 2. The Morgan fingerprint density at radius 1 is 0.958 bits per heavy atom. The number of carbonyl (C=O) groups is 2. The van der Waals surface area contributed by atoms with Gasteiger partial charge in [0.2, 0.25) is 11.8 Å². The molecule has 2 atom stereocenters. The molecular formula is C20H32N2O2. The first kappa shape index (κ1) is 16.4. The molecule has 5 aliphatic carbocycles. The van der Waals surface area contributed by atoms with E-state index in [0.717, 1.165) is 43.4 Å². The average molecular weight is 332 g/mol. The zero-order valence-electron chi connectivity index (χ0n) is 15.0. The molecule has 5 aliphatic rings. The molecule has 24 heavy (non-hydrogen) atoms. The Bertz CT molecular complexity index is 480. The standard InChI is InChI=1S/C20H32N2O2/c1-13-4-2-3-5-17(13)22-18(23)12-21-19(24)20-9-14-6-15(10-20)8-16(7-14)11-20/h13-17H,2-12H2,1H3,(H,21,24)(H,22,23). The molecule has 0 aliphatic heterocycles. The Labute approximate surface area is 145 Å². The third-order valence-corrected chi connectivity index (χ3v) is 7.39. The molecule has 0 heterocycles. The molecule has 5 rings (SSSR count). The van der Waals surface area contributed by atoms with Crippen molar-refractivity contribution in [2.45, 2.75) is 77.2 Å². The SMILES string of the molecule is CC1CCCCC1NC(=O)CNC(=O)C12CC3CC(CC(C3)C1)C2. The number of amides is 2. The molecule has 4 heteroatoms. The lowest BCUT2D eigenvalue weighted by Crippen LogP contribution is -2.55. The fourth-order valence-electron chi connectivity index (χ4n) is 6.53. The summed E-state index contributed by atoms with van der Waals surface area (Å²) in [7, 11) is 0. The van der Waals surface area contributed by atoms with Gasteiger partial charge in [-0.15, -0.1) is 0 Å². The maximum atomic E-state index is 12.9. The predicted octanol–water partition coefficient (Wildman–Crippen LogP) is 3.01. The van der Waals surface area contributed by atoms with Gasteiger partial charge in [0.25, 0.3) is 0 Å². The van der Waals surface area contributed by atoms with Gasteiger partial charge >= 0.3 is 0 Å². The van der Waals surface area contributed by atoms with Crippen LogP contribution in [0.2, 0.25) is 0 Å². The third-order valence-electron chi connectivity index (χ3n) is 7.39. The van der Waals surface area contributed by atoms with Gasteiger partial charge in [-0.25, -0.2) is 0 Å². The summed E-state index contributed by atoms with van der Waals surface area (Å²) in [6.45, 7) is 2.38. The summed E-state index contributed by atoms with van der Waals surface area (Å²) in [6.07, 6.45) is 12.0. The van der Waals surface area contributed by atoms with Crippen LogP contribution in [0.15, 0.2) is 0 Å². The van der Waals surface area contributed by atoms with E-state index < -0.39 is 0 Å². The van der Waals surface area contributed by atoms with E-state index in [0.29, 0.717) is 12.0 Å². The van der Waals surface area contributed by atoms with Crippen molar-refractivity contribution in [3.05, 3.63) is 0 Å². The lowest BCUT2D eigenvalue weighted by molar-refractivity contribution is -0.147. The van der Waals surface area contributed by atoms with Crippen molar-refractivity contribution in [1.29, 1.82) is 0 Å². The normalized spacial score (nSPS) is 43.5. The highest BCUT2D eigenvalue weighted by Crippen LogP contribution is 2.60. The minimum atomic E-state index is -0.146. The molecular weight excluding hydrogens is 300 g/mol. The molecule has 0 aromatic heterocycles. The van der Waals surface area contributed by atoms with Crippen LogP contribution in [0.4, 0.5) is 0 Å². The lowest BCUT2D eigenvalue weighted by Gasteiger charge is -2.55. The molecule has 0 aromatic carbocycles. The Morgan fingerprint density at radius 3 is 2.12 bits per heavy atom. The van der Waals surface area contributed by atoms with Crippen LogP contribution in [0.1, 0.15) is 71.1 Å². The summed E-state index contributed by atoms with van der Waals surface area (Å²) >= 11 is 0. The molecule has 4 nitrogen and oxygen atoms in total. The number of rotatable bonds is 4. The monoisotopic (exact) mass is 332 g/mol. The summed E-state index contributed by atoms with van der Waals surface area (Å²) in [5, 5.41) is 6.14. The molecule has 0 aromatic rings. The van der Waals surface area contributed by atoms with Crippen LogP contribution in [0, 0.1) is 29.1 Å². The van der Waals surface area contributed by atoms with Crippen LogP contribution in [-0.2, 0) is 9.59 Å². The van der Waals surface area contributed by atoms with E-state index in [9.17, 15) is 9.59 Å². The maximum Gasteiger partial charge on any atom is 0.239 e. The molecule has 0 saturated heterocycles. The topological polar surface area (TPSA) is 58.2 Å². The molecule has 0 radical (unpaired) electrons. The van der Waals surface area contributed by atoms with Crippen molar-refractivity contribution in [3.63, 3.8) is 0 Å². The second-order valence-electron chi connectivity index (χ2n) is 9.32. The number of hydrogen-bond acceptors (Lipinski definition) is 2. The molecule has 5 saturated carbocycles. The van der Waals surface area contributed by atoms with Gasteiger partial charge in [-0.05, 0) is 75.0 Å². The predicted molar refractivity (Wildman–Crippen MR) is 93.2 cm³/mol. The van der Waals surface area contributed by atoms with E-state index in [1.807, 2.05) is 0 Å². The Kier molecular flexibility index (Phi) is 4.34. The van der Waals surface area contributed by atoms with Gasteiger partial charge in [0, 0.05) is 11.5 Å². The zero-order chi connectivity index (χ0) is 16.7. The van der Waals surface area contributed by atoms with Crippen LogP contribution >= 0.6 is 0 Å². The molecule has 4 bridgehead atoms. The quantitative estimate of drug-likeness (QED) is 0.831. The van der Waals surface area contributed by atoms with E-state index >= 15 is 0 Å². The minimum Gasteiger partial charge on any atom is -0.352 e. The fraction of sp³-hybridized carbons (Fsp3) is 0.900. The van der Waals surface area contributed by atoms with Crippen molar-refractivity contribution >= 4 is 11.8 Å². The highest BCUT2D eigenvalue weighted by Gasteiger charge is 2.54. The first-order valence-electron chi connectivity index (χ1n) is 10.1. The van der Waals surface area contributed by atoms with Gasteiger partial charge in [0.05, 0.1) is 6.54 Å². The minimum absolute atomic E-state index is 0.00757. The van der Waals surface area contributed by atoms with Gasteiger partial charge in [0.15, 0.2) is 0 Å². The van der Waals surface area contributed by atoms with E-state index in [4.69, 9.17) is 0 Å². The molecule has 2 unspecified atom stereocenters. The third kappa shape index (κ3) is 3.09. The number of hydrogen-bond donors (Lipinski definition) is 2. The van der Waals surface area contributed by atoms with Crippen molar-refractivity contribution in [2.75, 3.05) is 6.54 Å². The summed E-state index contributed by atoms with van der Waals surface area (Å²) in [6, 6.07) is 0.294. The summed E-state index contributed by atoms with van der Waals surface area (Å²) in [5.74, 6) is 3.00. The van der Waals surface area contributed by atoms with Gasteiger partial charge in [0.1, 0.15) is 0 Å². The van der Waals surface area contributed by atoms with Crippen molar-refractivity contribution < 1.29 is 9.59 Å². The molecule has 2 amide bonds. The summed E-state index contributed by atoms with van der Waals surface area (Å²) < 4.78 is 0. The van der Waals surface area contributed by atoms with Crippen LogP contribution in [-0.4, -0.2) is 24.4 Å². The maximum absolute atomic E-state index is 12.9. The lowest BCUT2D eigenvalue weighted by atomic mass is 9.49. The van der Waals surface area contributed by atoms with E-state index in [1.54, 1.807) is 0 Å². The van der Waals surface area contributed by atoms with Crippen LogP contribution in [0.5, 0.6) is 0 Å². The Morgan fingerprint density at radius 2 is 1.54 bits per heavy atom. The van der Waals surface area contributed by atoms with E-state index in [-0.39, 0.29) is 23.8 Å². The average Bonchev–Trinajstić information content (AvgIpc) is 2.53. The van der Waals surface area contributed by atoms with Crippen molar-refractivity contribution in [3.8, 4) is 0 Å². The van der Waals surface area contributed by atoms with E-state index in [2.05, 4.69) is 17.6 Å². The van der Waals surface area contributed by atoms with E-state index in [1.165, 1.54) is 38.5 Å². The number of carbonyl (C=O) groups excluding carboxylic acids is 2. The second kappa shape index (κ2) is 6.34. The summed E-state index contributed by atoms with van der Waals surface area (Å²) in [5.41, 5.74) is -0.146. The van der Waals surface area contributed by atoms with Crippen LogP contribution in [0.3, 0.4) is 0 Å². The smallest absolute Gasteiger partial charge is 0.239 e. The highest BCUT2D eigenvalue weighted by molar-refractivity contribution is 5.88. The first-order chi connectivity index (χ1) is 11.5. The highest BCUT2D eigenvalue weighted by atomic mass is 16.2. The molecule has 0 spiro atoms.